The SMILES string of the molecule is CCc1ccc(-c2csc3nc(C)nc(N4CCN(CCO)CC4)c23)cc1. The second kappa shape index (κ2) is 7.92. The van der Waals surface area contributed by atoms with Crippen LogP contribution in [0.25, 0.3) is 21.3 Å². The summed E-state index contributed by atoms with van der Waals surface area (Å²) < 4.78 is 0. The van der Waals surface area contributed by atoms with Crippen molar-refractivity contribution in [3.05, 3.63) is 41.0 Å². The Balaban J connectivity index is 1.73. The molecule has 1 saturated heterocycles. The number of aryl methyl sites for hydroxylation is 2. The Morgan fingerprint density at radius 1 is 1.07 bits per heavy atom. The second-order valence-corrected chi connectivity index (χ2v) is 7.88. The van der Waals surface area contributed by atoms with Gasteiger partial charge in [0, 0.05) is 43.7 Å². The van der Waals surface area contributed by atoms with Crippen molar-refractivity contribution in [3.8, 4) is 11.1 Å². The average Bonchev–Trinajstić information content (AvgIpc) is 3.12. The van der Waals surface area contributed by atoms with Crippen molar-refractivity contribution in [2.45, 2.75) is 20.3 Å². The van der Waals surface area contributed by atoms with Crippen LogP contribution in [0.3, 0.4) is 0 Å². The summed E-state index contributed by atoms with van der Waals surface area (Å²) in [6.07, 6.45) is 1.05. The second-order valence-electron chi connectivity index (χ2n) is 7.03. The smallest absolute Gasteiger partial charge is 0.141 e. The van der Waals surface area contributed by atoms with E-state index in [1.54, 1.807) is 11.3 Å². The van der Waals surface area contributed by atoms with E-state index < -0.39 is 0 Å². The van der Waals surface area contributed by atoms with Gasteiger partial charge in [0.25, 0.3) is 0 Å². The third kappa shape index (κ3) is 3.70. The summed E-state index contributed by atoms with van der Waals surface area (Å²) in [5.41, 5.74) is 3.81. The predicted molar refractivity (Wildman–Crippen MR) is 113 cm³/mol. The minimum absolute atomic E-state index is 0.222. The summed E-state index contributed by atoms with van der Waals surface area (Å²) in [6, 6.07) is 8.84. The van der Waals surface area contributed by atoms with E-state index in [1.165, 1.54) is 22.1 Å². The molecule has 0 atom stereocenters. The normalized spacial score (nSPS) is 15.6. The van der Waals surface area contributed by atoms with Gasteiger partial charge in [-0.25, -0.2) is 9.97 Å². The maximum atomic E-state index is 9.18. The van der Waals surface area contributed by atoms with E-state index in [0.717, 1.165) is 55.6 Å². The van der Waals surface area contributed by atoms with Crippen molar-refractivity contribution < 1.29 is 5.11 Å². The van der Waals surface area contributed by atoms with Gasteiger partial charge >= 0.3 is 0 Å². The number of anilines is 1. The van der Waals surface area contributed by atoms with Gasteiger partial charge in [0.15, 0.2) is 0 Å². The Labute approximate surface area is 164 Å². The summed E-state index contributed by atoms with van der Waals surface area (Å²) in [4.78, 5) is 15.3. The van der Waals surface area contributed by atoms with Crippen LogP contribution in [0.5, 0.6) is 0 Å². The van der Waals surface area contributed by atoms with Crippen LogP contribution >= 0.6 is 11.3 Å². The Bertz CT molecular complexity index is 914. The maximum Gasteiger partial charge on any atom is 0.141 e. The minimum atomic E-state index is 0.222. The molecule has 0 amide bonds. The largest absolute Gasteiger partial charge is 0.395 e. The first-order valence-electron chi connectivity index (χ1n) is 9.63. The number of aliphatic hydroxyl groups excluding tert-OH is 1. The van der Waals surface area contributed by atoms with E-state index in [4.69, 9.17) is 9.97 Å². The van der Waals surface area contributed by atoms with Gasteiger partial charge in [-0.1, -0.05) is 31.2 Å². The van der Waals surface area contributed by atoms with Crippen molar-refractivity contribution >= 4 is 27.4 Å². The van der Waals surface area contributed by atoms with Crippen LogP contribution < -0.4 is 4.90 Å². The molecule has 3 aromatic rings. The Morgan fingerprint density at radius 3 is 2.48 bits per heavy atom. The fourth-order valence-electron chi connectivity index (χ4n) is 3.71. The number of hydrogen-bond acceptors (Lipinski definition) is 6. The van der Waals surface area contributed by atoms with E-state index in [1.807, 2.05) is 6.92 Å². The first kappa shape index (κ1) is 18.3. The molecule has 5 nitrogen and oxygen atoms in total. The van der Waals surface area contributed by atoms with Gasteiger partial charge in [-0.15, -0.1) is 11.3 Å². The van der Waals surface area contributed by atoms with E-state index in [-0.39, 0.29) is 6.61 Å². The zero-order valence-electron chi connectivity index (χ0n) is 16.0. The quantitative estimate of drug-likeness (QED) is 0.733. The monoisotopic (exact) mass is 382 g/mol. The number of β-amino-alcohol motifs (C(OH)–C–C–N with tert-alkyl or cyclic N) is 1. The number of piperazine rings is 1. The van der Waals surface area contributed by atoms with Crippen LogP contribution in [0, 0.1) is 6.92 Å². The number of fused-ring (bicyclic) bond motifs is 1. The molecule has 0 unspecified atom stereocenters. The van der Waals surface area contributed by atoms with Crippen molar-refractivity contribution in [2.75, 3.05) is 44.2 Å². The summed E-state index contributed by atoms with van der Waals surface area (Å²) in [6.45, 7) is 8.89. The standard InChI is InChI=1S/C21H26N4OS/c1-3-16-4-6-17(7-5-16)18-14-27-21-19(18)20(22-15(2)23-21)25-10-8-24(9-11-25)12-13-26/h4-7,14,26H,3,8-13H2,1-2H3. The van der Waals surface area contributed by atoms with Crippen LogP contribution in [-0.2, 0) is 6.42 Å². The molecular formula is C21H26N4OS. The number of rotatable bonds is 5. The van der Waals surface area contributed by atoms with Crippen molar-refractivity contribution in [1.82, 2.24) is 14.9 Å². The zero-order chi connectivity index (χ0) is 18.8. The Hall–Kier alpha value is -2.02. The molecule has 0 aliphatic carbocycles. The van der Waals surface area contributed by atoms with Gasteiger partial charge in [0.05, 0.1) is 12.0 Å². The fraction of sp³-hybridized carbons (Fsp3) is 0.429. The molecule has 1 fully saturated rings. The molecular weight excluding hydrogens is 356 g/mol. The molecule has 1 aliphatic rings. The number of aliphatic hydroxyl groups is 1. The molecule has 142 valence electrons. The lowest BCUT2D eigenvalue weighted by Crippen LogP contribution is -2.47. The lowest BCUT2D eigenvalue weighted by atomic mass is 10.0. The summed E-state index contributed by atoms with van der Waals surface area (Å²) >= 11 is 1.70. The lowest BCUT2D eigenvalue weighted by Gasteiger charge is -2.35. The predicted octanol–water partition coefficient (Wildman–Crippen LogP) is 3.34. The molecule has 0 spiro atoms. The molecule has 0 saturated carbocycles. The van der Waals surface area contributed by atoms with Crippen molar-refractivity contribution in [2.24, 2.45) is 0 Å². The number of hydrogen-bond donors (Lipinski definition) is 1. The first-order valence-corrected chi connectivity index (χ1v) is 10.5. The van der Waals surface area contributed by atoms with Gasteiger partial charge in [-0.2, -0.15) is 0 Å². The van der Waals surface area contributed by atoms with Crippen LogP contribution in [0.2, 0.25) is 0 Å². The van der Waals surface area contributed by atoms with E-state index >= 15 is 0 Å². The zero-order valence-corrected chi connectivity index (χ0v) is 16.8. The molecule has 6 heteroatoms. The lowest BCUT2D eigenvalue weighted by molar-refractivity contribution is 0.188. The van der Waals surface area contributed by atoms with Gasteiger partial charge < -0.3 is 10.0 Å². The third-order valence-corrected chi connectivity index (χ3v) is 6.16. The summed E-state index contributed by atoms with van der Waals surface area (Å²) in [5.74, 6) is 1.88. The molecule has 2 aromatic heterocycles. The molecule has 0 bridgehead atoms. The third-order valence-electron chi connectivity index (χ3n) is 5.29. The highest BCUT2D eigenvalue weighted by Crippen LogP contribution is 2.38. The minimum Gasteiger partial charge on any atom is -0.395 e. The van der Waals surface area contributed by atoms with E-state index in [2.05, 4.69) is 46.4 Å². The fourth-order valence-corrected chi connectivity index (χ4v) is 4.70. The average molecular weight is 383 g/mol. The topological polar surface area (TPSA) is 52.5 Å². The molecule has 1 N–H and O–H groups in total. The summed E-state index contributed by atoms with van der Waals surface area (Å²) in [7, 11) is 0. The highest BCUT2D eigenvalue weighted by Gasteiger charge is 2.22. The van der Waals surface area contributed by atoms with Crippen molar-refractivity contribution in [3.63, 3.8) is 0 Å². The first-order chi connectivity index (χ1) is 13.2. The van der Waals surface area contributed by atoms with Gasteiger partial charge in [0.2, 0.25) is 0 Å². The maximum absolute atomic E-state index is 9.18. The molecule has 0 radical (unpaired) electrons. The van der Waals surface area contributed by atoms with Gasteiger partial charge in [0.1, 0.15) is 16.5 Å². The number of aromatic nitrogens is 2. The van der Waals surface area contributed by atoms with Crippen molar-refractivity contribution in [1.29, 1.82) is 0 Å². The van der Waals surface area contributed by atoms with Gasteiger partial charge in [-0.3, -0.25) is 4.90 Å². The van der Waals surface area contributed by atoms with Crippen LogP contribution in [0.4, 0.5) is 5.82 Å². The number of benzene rings is 1. The van der Waals surface area contributed by atoms with E-state index in [9.17, 15) is 5.11 Å². The van der Waals surface area contributed by atoms with Crippen LogP contribution in [0.1, 0.15) is 18.3 Å². The summed E-state index contributed by atoms with van der Waals surface area (Å²) in [5, 5.41) is 12.6. The van der Waals surface area contributed by atoms with Crippen LogP contribution in [0.15, 0.2) is 29.6 Å². The molecule has 1 aliphatic heterocycles. The molecule has 1 aromatic carbocycles. The van der Waals surface area contributed by atoms with Crippen LogP contribution in [-0.4, -0.2) is 59.3 Å². The highest BCUT2D eigenvalue weighted by molar-refractivity contribution is 7.17. The Morgan fingerprint density at radius 2 is 1.81 bits per heavy atom. The van der Waals surface area contributed by atoms with E-state index in [0.29, 0.717) is 0 Å². The van der Waals surface area contributed by atoms with Gasteiger partial charge in [-0.05, 0) is 24.5 Å². The molecule has 3 heterocycles. The molecule has 27 heavy (non-hydrogen) atoms. The molecule has 4 rings (SSSR count). The number of thiophene rings is 1. The highest BCUT2D eigenvalue weighted by atomic mass is 32.1. The number of nitrogens with zero attached hydrogens (tertiary/aromatic N) is 4. The Kier molecular flexibility index (Phi) is 5.38.